The van der Waals surface area contributed by atoms with Crippen LogP contribution in [0, 0.1) is 10.1 Å². The zero-order valence-corrected chi connectivity index (χ0v) is 14.6. The number of nitro benzene ring substituents is 1. The van der Waals surface area contributed by atoms with Crippen molar-refractivity contribution in [3.8, 4) is 0 Å². The van der Waals surface area contributed by atoms with Crippen LogP contribution in [0.4, 0.5) is 5.69 Å². The van der Waals surface area contributed by atoms with Crippen LogP contribution in [-0.4, -0.2) is 23.5 Å². The Bertz CT molecular complexity index is 938. The van der Waals surface area contributed by atoms with E-state index in [1.165, 1.54) is 12.1 Å². The fraction of sp³-hybridized carbons (Fsp3) is 0.158. The molecular weight excluding hydrogens is 348 g/mol. The second-order valence-corrected chi connectivity index (χ2v) is 5.77. The van der Waals surface area contributed by atoms with Crippen LogP contribution in [0.1, 0.15) is 24.1 Å². The van der Waals surface area contributed by atoms with Gasteiger partial charge in [-0.15, -0.1) is 0 Å². The lowest BCUT2D eigenvalue weighted by molar-refractivity contribution is -0.384. The van der Waals surface area contributed by atoms with E-state index in [1.54, 1.807) is 19.1 Å². The molecule has 1 aliphatic rings. The third kappa shape index (κ3) is 3.79. The SMILES string of the molecule is CCOC(=O)C1=C(c2ccccc2)NC(N)=NC1c1cccc([N+](=O)[O-])c1. The molecule has 138 valence electrons. The molecule has 8 heteroatoms. The molecule has 0 saturated heterocycles. The van der Waals surface area contributed by atoms with Crippen molar-refractivity contribution in [1.29, 1.82) is 0 Å². The molecule has 2 aromatic rings. The van der Waals surface area contributed by atoms with Crippen molar-refractivity contribution in [3.63, 3.8) is 0 Å². The van der Waals surface area contributed by atoms with E-state index >= 15 is 0 Å². The molecule has 0 bridgehead atoms. The third-order valence-electron chi connectivity index (χ3n) is 4.02. The number of aliphatic imine (C=N–C) groups is 1. The molecule has 0 amide bonds. The summed E-state index contributed by atoms with van der Waals surface area (Å²) in [5, 5.41) is 14.1. The highest BCUT2D eigenvalue weighted by Gasteiger charge is 2.32. The number of nitrogens with zero attached hydrogens (tertiary/aromatic N) is 2. The predicted molar refractivity (Wildman–Crippen MR) is 101 cm³/mol. The van der Waals surface area contributed by atoms with Gasteiger partial charge in [0.05, 0.1) is 22.8 Å². The molecule has 8 nitrogen and oxygen atoms in total. The Morgan fingerprint density at radius 2 is 2.00 bits per heavy atom. The minimum atomic E-state index is -0.819. The van der Waals surface area contributed by atoms with E-state index in [-0.39, 0.29) is 23.8 Å². The van der Waals surface area contributed by atoms with Gasteiger partial charge >= 0.3 is 5.97 Å². The van der Waals surface area contributed by atoms with Gasteiger partial charge < -0.3 is 15.8 Å². The molecule has 3 N–H and O–H groups in total. The van der Waals surface area contributed by atoms with Crippen molar-refractivity contribution in [2.75, 3.05) is 6.61 Å². The Labute approximate surface area is 155 Å². The van der Waals surface area contributed by atoms with Gasteiger partial charge in [0.2, 0.25) is 0 Å². The molecule has 0 aliphatic carbocycles. The predicted octanol–water partition coefficient (Wildman–Crippen LogP) is 2.53. The molecule has 27 heavy (non-hydrogen) atoms. The maximum atomic E-state index is 12.7. The quantitative estimate of drug-likeness (QED) is 0.477. The first kappa shape index (κ1) is 18.1. The Morgan fingerprint density at radius 1 is 1.26 bits per heavy atom. The van der Waals surface area contributed by atoms with Crippen LogP contribution in [0.3, 0.4) is 0 Å². The molecule has 0 spiro atoms. The lowest BCUT2D eigenvalue weighted by atomic mass is 9.93. The van der Waals surface area contributed by atoms with Crippen molar-refractivity contribution in [2.24, 2.45) is 10.7 Å². The number of nitrogens with one attached hydrogen (secondary N) is 1. The van der Waals surface area contributed by atoms with Crippen LogP contribution in [0.15, 0.2) is 65.2 Å². The first-order valence-electron chi connectivity index (χ1n) is 8.32. The lowest BCUT2D eigenvalue weighted by Crippen LogP contribution is -2.37. The van der Waals surface area contributed by atoms with Gasteiger partial charge in [0.25, 0.3) is 5.69 Å². The molecule has 2 aromatic carbocycles. The smallest absolute Gasteiger partial charge is 0.338 e. The summed E-state index contributed by atoms with van der Waals surface area (Å²) in [6.45, 7) is 1.89. The van der Waals surface area contributed by atoms with E-state index < -0.39 is 16.9 Å². The summed E-state index contributed by atoms with van der Waals surface area (Å²) in [5.41, 5.74) is 7.78. The molecule has 0 saturated carbocycles. The first-order valence-corrected chi connectivity index (χ1v) is 8.32. The first-order chi connectivity index (χ1) is 13.0. The van der Waals surface area contributed by atoms with Crippen LogP contribution < -0.4 is 11.1 Å². The number of carbonyl (C=O) groups is 1. The average molecular weight is 366 g/mol. The topological polar surface area (TPSA) is 120 Å². The number of hydrogen-bond acceptors (Lipinski definition) is 7. The summed E-state index contributed by atoms with van der Waals surface area (Å²) in [6.07, 6.45) is 0. The fourth-order valence-electron chi connectivity index (χ4n) is 2.87. The van der Waals surface area contributed by atoms with E-state index in [9.17, 15) is 14.9 Å². The molecule has 1 atom stereocenters. The van der Waals surface area contributed by atoms with Gasteiger partial charge in [-0.25, -0.2) is 9.79 Å². The maximum Gasteiger partial charge on any atom is 0.338 e. The summed E-state index contributed by atoms with van der Waals surface area (Å²) in [5.74, 6) is -0.449. The van der Waals surface area contributed by atoms with Gasteiger partial charge in [0, 0.05) is 12.1 Å². The van der Waals surface area contributed by atoms with Gasteiger partial charge in [-0.1, -0.05) is 42.5 Å². The van der Waals surface area contributed by atoms with Crippen molar-refractivity contribution >= 4 is 23.3 Å². The second-order valence-electron chi connectivity index (χ2n) is 5.77. The van der Waals surface area contributed by atoms with Gasteiger partial charge in [-0.3, -0.25) is 10.1 Å². The molecule has 0 radical (unpaired) electrons. The van der Waals surface area contributed by atoms with Crippen molar-refractivity contribution in [1.82, 2.24) is 5.32 Å². The number of guanidine groups is 1. The molecule has 1 aliphatic heterocycles. The van der Waals surface area contributed by atoms with Crippen LogP contribution >= 0.6 is 0 Å². The van der Waals surface area contributed by atoms with Crippen LogP contribution in [0.2, 0.25) is 0 Å². The minimum Gasteiger partial charge on any atom is -0.463 e. The highest BCUT2D eigenvalue weighted by molar-refractivity contribution is 6.04. The number of benzene rings is 2. The lowest BCUT2D eigenvalue weighted by Gasteiger charge is -2.26. The highest BCUT2D eigenvalue weighted by atomic mass is 16.6. The minimum absolute atomic E-state index is 0.0933. The summed E-state index contributed by atoms with van der Waals surface area (Å²) in [7, 11) is 0. The summed E-state index contributed by atoms with van der Waals surface area (Å²) >= 11 is 0. The number of ether oxygens (including phenoxy) is 1. The van der Waals surface area contributed by atoms with E-state index in [0.717, 1.165) is 5.56 Å². The zero-order valence-electron chi connectivity index (χ0n) is 14.6. The van der Waals surface area contributed by atoms with E-state index in [2.05, 4.69) is 10.3 Å². The highest BCUT2D eigenvalue weighted by Crippen LogP contribution is 2.35. The Hall–Kier alpha value is -3.68. The molecule has 1 unspecified atom stereocenters. The summed E-state index contributed by atoms with van der Waals surface area (Å²) < 4.78 is 5.22. The Balaban J connectivity index is 2.19. The van der Waals surface area contributed by atoms with E-state index in [0.29, 0.717) is 11.3 Å². The number of rotatable bonds is 5. The average Bonchev–Trinajstić information content (AvgIpc) is 2.68. The number of hydrogen-bond donors (Lipinski definition) is 2. The molecule has 3 rings (SSSR count). The van der Waals surface area contributed by atoms with Crippen LogP contribution in [-0.2, 0) is 9.53 Å². The normalized spacial score (nSPS) is 16.3. The second kappa shape index (κ2) is 7.69. The number of esters is 1. The van der Waals surface area contributed by atoms with Gasteiger partial charge in [-0.2, -0.15) is 0 Å². The van der Waals surface area contributed by atoms with Gasteiger partial charge in [0.1, 0.15) is 6.04 Å². The molecule has 1 heterocycles. The summed E-state index contributed by atoms with van der Waals surface area (Å²) in [4.78, 5) is 27.7. The largest absolute Gasteiger partial charge is 0.463 e. The maximum absolute atomic E-state index is 12.7. The summed E-state index contributed by atoms with van der Waals surface area (Å²) in [6, 6.07) is 14.3. The zero-order chi connectivity index (χ0) is 19.4. The number of carbonyl (C=O) groups excluding carboxylic acids is 1. The van der Waals surface area contributed by atoms with Crippen LogP contribution in [0.25, 0.3) is 5.70 Å². The van der Waals surface area contributed by atoms with E-state index in [4.69, 9.17) is 10.5 Å². The Kier molecular flexibility index (Phi) is 5.16. The molecular formula is C19H18N4O4. The van der Waals surface area contributed by atoms with Gasteiger partial charge in [-0.05, 0) is 18.1 Å². The van der Waals surface area contributed by atoms with Crippen molar-refractivity contribution in [3.05, 3.63) is 81.4 Å². The standard InChI is InChI=1S/C19H18N4O4/c1-2-27-18(24)15-16(12-7-4-3-5-8-12)21-19(20)22-17(15)13-9-6-10-14(11-13)23(25)26/h3-11,17H,2H2,1H3,(H3,20,21,22). The fourth-order valence-corrected chi connectivity index (χ4v) is 2.87. The monoisotopic (exact) mass is 366 g/mol. The molecule has 0 fully saturated rings. The number of nitrogens with two attached hydrogens (primary N) is 1. The van der Waals surface area contributed by atoms with Crippen molar-refractivity contribution < 1.29 is 14.5 Å². The van der Waals surface area contributed by atoms with Gasteiger partial charge in [0.15, 0.2) is 5.96 Å². The number of nitro groups is 1. The Morgan fingerprint density at radius 3 is 2.67 bits per heavy atom. The van der Waals surface area contributed by atoms with E-state index in [1.807, 2.05) is 30.3 Å². The third-order valence-corrected chi connectivity index (χ3v) is 4.02. The van der Waals surface area contributed by atoms with Crippen LogP contribution in [0.5, 0.6) is 0 Å². The molecule has 0 aromatic heterocycles. The van der Waals surface area contributed by atoms with Crippen molar-refractivity contribution in [2.45, 2.75) is 13.0 Å². The number of non-ortho nitro benzene ring substituents is 1.